The lowest BCUT2D eigenvalue weighted by Crippen LogP contribution is -2.23. The van der Waals surface area contributed by atoms with Crippen molar-refractivity contribution in [1.82, 2.24) is 9.66 Å². The van der Waals surface area contributed by atoms with Gasteiger partial charge in [0.2, 0.25) is 0 Å². The lowest BCUT2D eigenvalue weighted by atomic mass is 10.1. The van der Waals surface area contributed by atoms with Crippen LogP contribution >= 0.6 is 43.5 Å². The fraction of sp³-hybridized carbons (Fsp3) is 0.250. The molecule has 0 saturated heterocycles. The number of rotatable bonds is 9. The van der Waals surface area contributed by atoms with Gasteiger partial charge in [0.05, 0.1) is 23.7 Å². The van der Waals surface area contributed by atoms with E-state index in [0.717, 1.165) is 10.9 Å². The molecule has 198 valence electrons. The molecule has 0 bridgehead atoms. The Morgan fingerprint density at radius 2 is 1.92 bits per heavy atom. The Morgan fingerprint density at radius 1 is 1.16 bits per heavy atom. The predicted molar refractivity (Wildman–Crippen MR) is 156 cm³/mol. The van der Waals surface area contributed by atoms with Gasteiger partial charge in [-0.1, -0.05) is 59.6 Å². The average molecular weight is 666 g/mol. The van der Waals surface area contributed by atoms with Crippen LogP contribution < -0.4 is 15.0 Å². The number of aromatic nitrogens is 2. The number of halogens is 4. The molecule has 4 aromatic rings. The van der Waals surface area contributed by atoms with Crippen LogP contribution in [-0.2, 0) is 6.61 Å². The molecular formula is C28H25Br2ClFN3O3. The van der Waals surface area contributed by atoms with Crippen LogP contribution in [0.1, 0.15) is 50.1 Å². The molecule has 4 rings (SSSR count). The third kappa shape index (κ3) is 5.95. The molecule has 0 aliphatic carbocycles. The van der Waals surface area contributed by atoms with Gasteiger partial charge in [-0.25, -0.2) is 9.37 Å². The van der Waals surface area contributed by atoms with Gasteiger partial charge >= 0.3 is 0 Å². The van der Waals surface area contributed by atoms with E-state index >= 15 is 0 Å². The summed E-state index contributed by atoms with van der Waals surface area (Å²) in [4.78, 5) is 18.2. The maximum atomic E-state index is 14.1. The van der Waals surface area contributed by atoms with Crippen LogP contribution in [0.5, 0.6) is 11.5 Å². The Balaban J connectivity index is 1.77. The summed E-state index contributed by atoms with van der Waals surface area (Å²) < 4.78 is 28.4. The molecule has 0 amide bonds. The van der Waals surface area contributed by atoms with E-state index in [1.807, 2.05) is 32.9 Å². The lowest BCUT2D eigenvalue weighted by Gasteiger charge is -2.17. The summed E-state index contributed by atoms with van der Waals surface area (Å²) in [6.07, 6.45) is 2.31. The van der Waals surface area contributed by atoms with E-state index < -0.39 is 0 Å². The Labute approximate surface area is 241 Å². The molecule has 0 fully saturated rings. The Morgan fingerprint density at radius 3 is 2.63 bits per heavy atom. The summed E-state index contributed by atoms with van der Waals surface area (Å²) in [5.41, 5.74) is 1.28. The Hall–Kier alpha value is -2.75. The van der Waals surface area contributed by atoms with Crippen molar-refractivity contribution in [2.75, 3.05) is 6.61 Å². The van der Waals surface area contributed by atoms with Crippen LogP contribution in [0.25, 0.3) is 10.9 Å². The summed E-state index contributed by atoms with van der Waals surface area (Å²) >= 11 is 13.6. The molecule has 0 spiro atoms. The van der Waals surface area contributed by atoms with E-state index in [1.54, 1.807) is 30.3 Å². The highest BCUT2D eigenvalue weighted by atomic mass is 79.9. The molecule has 0 aliphatic heterocycles. The van der Waals surface area contributed by atoms with Crippen LogP contribution in [0.3, 0.4) is 0 Å². The van der Waals surface area contributed by atoms with Crippen LogP contribution in [-0.4, -0.2) is 22.5 Å². The monoisotopic (exact) mass is 663 g/mol. The first-order chi connectivity index (χ1) is 18.2. The summed E-state index contributed by atoms with van der Waals surface area (Å²) in [5.74, 6) is 0.820. The van der Waals surface area contributed by atoms with Crippen molar-refractivity contribution in [3.8, 4) is 11.5 Å². The molecule has 0 unspecified atom stereocenters. The van der Waals surface area contributed by atoms with E-state index in [2.05, 4.69) is 37.0 Å². The molecule has 6 nitrogen and oxygen atoms in total. The van der Waals surface area contributed by atoms with E-state index in [-0.39, 0.29) is 34.7 Å². The minimum Gasteiger partial charge on any atom is -0.490 e. The van der Waals surface area contributed by atoms with Crippen molar-refractivity contribution in [2.24, 2.45) is 5.10 Å². The van der Waals surface area contributed by atoms with Gasteiger partial charge < -0.3 is 9.47 Å². The zero-order valence-corrected chi connectivity index (χ0v) is 24.9. The number of nitrogens with zero attached hydrogens (tertiary/aromatic N) is 3. The van der Waals surface area contributed by atoms with Crippen LogP contribution in [0, 0.1) is 5.82 Å². The summed E-state index contributed by atoms with van der Waals surface area (Å²) in [5, 5.41) is 5.22. The largest absolute Gasteiger partial charge is 0.490 e. The first-order valence-corrected chi connectivity index (χ1v) is 14.0. The van der Waals surface area contributed by atoms with Gasteiger partial charge in [-0.3, -0.25) is 4.79 Å². The third-order valence-electron chi connectivity index (χ3n) is 5.98. The van der Waals surface area contributed by atoms with Gasteiger partial charge in [0.25, 0.3) is 5.56 Å². The molecule has 1 heterocycles. The molecule has 3 aromatic carbocycles. The van der Waals surface area contributed by atoms with Crippen molar-refractivity contribution >= 4 is 60.6 Å². The number of hydrogen-bond acceptors (Lipinski definition) is 5. The topological polar surface area (TPSA) is 65.7 Å². The molecule has 0 aliphatic rings. The number of hydrogen-bond donors (Lipinski definition) is 0. The molecule has 38 heavy (non-hydrogen) atoms. The quantitative estimate of drug-likeness (QED) is 0.170. The molecular weight excluding hydrogens is 641 g/mol. The van der Waals surface area contributed by atoms with Crippen molar-refractivity contribution in [3.05, 3.63) is 95.6 Å². The minimum absolute atomic E-state index is 0.00642. The van der Waals surface area contributed by atoms with Gasteiger partial charge in [-0.15, -0.1) is 0 Å². The first kappa shape index (κ1) is 28.3. The van der Waals surface area contributed by atoms with E-state index in [9.17, 15) is 9.18 Å². The summed E-state index contributed by atoms with van der Waals surface area (Å²) in [7, 11) is 0. The minimum atomic E-state index is -0.372. The second-order valence-electron chi connectivity index (χ2n) is 8.54. The van der Waals surface area contributed by atoms with Crippen LogP contribution in [0.15, 0.2) is 67.4 Å². The standard InChI is InChI=1S/C28H25Br2ClFN3O3/c1-4-16(3)27-34-22-11-10-19(29)13-20(22)28(36)35(27)33-14-18-12-23(37-5-2)26(25(31)24(18)30)38-15-17-8-6-7-9-21(17)32/h6-14,16H,4-5,15H2,1-3H3/t16-/m1/s1. The highest BCUT2D eigenvalue weighted by Gasteiger charge is 2.19. The Bertz CT molecular complexity index is 1580. The summed E-state index contributed by atoms with van der Waals surface area (Å²) in [6, 6.07) is 13.5. The fourth-order valence-electron chi connectivity index (χ4n) is 3.76. The van der Waals surface area contributed by atoms with Gasteiger partial charge in [0.1, 0.15) is 23.3 Å². The van der Waals surface area contributed by atoms with Gasteiger partial charge in [-0.05, 0) is 59.6 Å². The predicted octanol–water partition coefficient (Wildman–Crippen LogP) is 8.09. The Kier molecular flexibility index (Phi) is 9.23. The highest BCUT2D eigenvalue weighted by Crippen LogP contribution is 2.42. The lowest BCUT2D eigenvalue weighted by molar-refractivity contribution is 0.266. The number of ether oxygens (including phenoxy) is 2. The van der Waals surface area contributed by atoms with Crippen LogP contribution in [0.2, 0.25) is 5.02 Å². The molecule has 1 atom stereocenters. The zero-order valence-electron chi connectivity index (χ0n) is 21.0. The van der Waals surface area contributed by atoms with Gasteiger partial charge in [0, 0.05) is 26.0 Å². The first-order valence-electron chi connectivity index (χ1n) is 12.0. The smallest absolute Gasteiger partial charge is 0.282 e. The molecule has 1 aromatic heterocycles. The molecule has 0 saturated carbocycles. The second-order valence-corrected chi connectivity index (χ2v) is 10.6. The van der Waals surface area contributed by atoms with Crippen molar-refractivity contribution in [3.63, 3.8) is 0 Å². The SMILES string of the molecule is CCOc1cc(C=Nn2c([C@H](C)CC)nc3ccc(Br)cc3c2=O)c(Br)c(Cl)c1OCc1ccccc1F. The highest BCUT2D eigenvalue weighted by molar-refractivity contribution is 9.10. The number of fused-ring (bicyclic) bond motifs is 1. The van der Waals surface area contributed by atoms with E-state index in [4.69, 9.17) is 26.1 Å². The second kappa shape index (κ2) is 12.4. The number of benzene rings is 3. The molecule has 0 N–H and O–H groups in total. The van der Waals surface area contributed by atoms with E-state index in [1.165, 1.54) is 17.0 Å². The molecule has 10 heteroatoms. The fourth-order valence-corrected chi connectivity index (χ4v) is 4.78. The maximum Gasteiger partial charge on any atom is 0.282 e. The van der Waals surface area contributed by atoms with Crippen LogP contribution in [0.4, 0.5) is 4.39 Å². The van der Waals surface area contributed by atoms with Gasteiger partial charge in [-0.2, -0.15) is 9.78 Å². The van der Waals surface area contributed by atoms with Crippen molar-refractivity contribution in [1.29, 1.82) is 0 Å². The zero-order chi connectivity index (χ0) is 27.4. The van der Waals surface area contributed by atoms with E-state index in [0.29, 0.717) is 44.7 Å². The summed E-state index contributed by atoms with van der Waals surface area (Å²) in [6.45, 7) is 6.19. The van der Waals surface area contributed by atoms with Gasteiger partial charge in [0.15, 0.2) is 11.5 Å². The van der Waals surface area contributed by atoms with Crippen molar-refractivity contribution in [2.45, 2.75) is 39.7 Å². The maximum absolute atomic E-state index is 14.1. The normalized spacial score (nSPS) is 12.3. The van der Waals surface area contributed by atoms with Crippen molar-refractivity contribution < 1.29 is 13.9 Å². The average Bonchev–Trinajstić information content (AvgIpc) is 2.91. The molecule has 0 radical (unpaired) electrons. The third-order valence-corrected chi connectivity index (χ3v) is 7.92.